The van der Waals surface area contributed by atoms with Gasteiger partial charge in [0.25, 0.3) is 0 Å². The number of aliphatic carboxylic acids is 1. The summed E-state index contributed by atoms with van der Waals surface area (Å²) in [5.74, 6) is -0.258. The summed E-state index contributed by atoms with van der Waals surface area (Å²) >= 11 is 0. The zero-order chi connectivity index (χ0) is 13.7. The lowest BCUT2D eigenvalue weighted by Crippen LogP contribution is -2.41. The molecule has 2 unspecified atom stereocenters. The van der Waals surface area contributed by atoms with Crippen molar-refractivity contribution in [3.8, 4) is 0 Å². The molecule has 4 nitrogen and oxygen atoms in total. The van der Waals surface area contributed by atoms with Crippen molar-refractivity contribution in [2.75, 3.05) is 13.1 Å². The first kappa shape index (κ1) is 14.7. The molecule has 4 heteroatoms. The number of carboxylic acid groups (broad SMARTS) is 1. The summed E-state index contributed by atoms with van der Waals surface area (Å²) in [6.45, 7) is 7.27. The largest absolute Gasteiger partial charge is 0.481 e. The maximum atomic E-state index is 11.9. The molecule has 0 spiro atoms. The van der Waals surface area contributed by atoms with Crippen LogP contribution in [-0.4, -0.2) is 35.0 Å². The van der Waals surface area contributed by atoms with Crippen LogP contribution in [0.1, 0.15) is 40.0 Å². The van der Waals surface area contributed by atoms with Gasteiger partial charge in [0.1, 0.15) is 0 Å². The van der Waals surface area contributed by atoms with Gasteiger partial charge in [-0.25, -0.2) is 0 Å². The van der Waals surface area contributed by atoms with E-state index in [9.17, 15) is 9.59 Å². The van der Waals surface area contributed by atoms with E-state index >= 15 is 0 Å². The van der Waals surface area contributed by atoms with Crippen LogP contribution >= 0.6 is 0 Å². The Hall–Kier alpha value is -1.32. The molecule has 1 amide bonds. The minimum atomic E-state index is -0.754. The van der Waals surface area contributed by atoms with Crippen LogP contribution in [0.4, 0.5) is 0 Å². The van der Waals surface area contributed by atoms with Gasteiger partial charge in [-0.15, -0.1) is 0 Å². The third-order valence-corrected chi connectivity index (χ3v) is 3.48. The Kier molecular flexibility index (Phi) is 5.38. The van der Waals surface area contributed by atoms with Crippen LogP contribution < -0.4 is 0 Å². The molecule has 0 aromatic carbocycles. The van der Waals surface area contributed by atoms with E-state index in [1.165, 1.54) is 0 Å². The molecule has 0 saturated carbocycles. The number of hydrogen-bond acceptors (Lipinski definition) is 2. The molecule has 1 N–H and O–H groups in total. The molecule has 1 rings (SSSR count). The Morgan fingerprint density at radius 3 is 2.67 bits per heavy atom. The van der Waals surface area contributed by atoms with E-state index in [1.807, 2.05) is 25.7 Å². The summed E-state index contributed by atoms with van der Waals surface area (Å²) in [5.41, 5.74) is 1.00. The summed E-state index contributed by atoms with van der Waals surface area (Å²) in [4.78, 5) is 24.5. The van der Waals surface area contributed by atoms with Gasteiger partial charge in [0.2, 0.25) is 5.91 Å². The molecule has 18 heavy (non-hydrogen) atoms. The van der Waals surface area contributed by atoms with E-state index in [4.69, 9.17) is 5.11 Å². The number of carbonyl (C=O) groups excluding carboxylic acids is 1. The SMILES string of the molecule is CC(C)=CC(=O)N1CCCC(C(C)CC(=O)O)C1. The van der Waals surface area contributed by atoms with Gasteiger partial charge < -0.3 is 10.0 Å². The molecule has 2 atom stereocenters. The van der Waals surface area contributed by atoms with Crippen LogP contribution in [0, 0.1) is 11.8 Å². The maximum Gasteiger partial charge on any atom is 0.303 e. The molecule has 1 heterocycles. The van der Waals surface area contributed by atoms with Crippen molar-refractivity contribution in [2.24, 2.45) is 11.8 Å². The summed E-state index contributed by atoms with van der Waals surface area (Å²) in [5, 5.41) is 8.82. The van der Waals surface area contributed by atoms with Gasteiger partial charge in [0, 0.05) is 25.6 Å². The summed E-state index contributed by atoms with van der Waals surface area (Å²) in [7, 11) is 0. The monoisotopic (exact) mass is 253 g/mol. The Morgan fingerprint density at radius 1 is 1.44 bits per heavy atom. The van der Waals surface area contributed by atoms with Crippen LogP contribution in [0.2, 0.25) is 0 Å². The number of piperidine rings is 1. The molecule has 102 valence electrons. The lowest BCUT2D eigenvalue weighted by molar-refractivity contribution is -0.138. The number of rotatable bonds is 4. The highest BCUT2D eigenvalue weighted by atomic mass is 16.4. The van der Waals surface area contributed by atoms with Crippen LogP contribution in [0.25, 0.3) is 0 Å². The van der Waals surface area contributed by atoms with Gasteiger partial charge in [-0.05, 0) is 38.5 Å². The van der Waals surface area contributed by atoms with E-state index in [-0.39, 0.29) is 18.2 Å². The highest BCUT2D eigenvalue weighted by Gasteiger charge is 2.27. The van der Waals surface area contributed by atoms with Crippen LogP contribution in [0.15, 0.2) is 11.6 Å². The van der Waals surface area contributed by atoms with Crippen molar-refractivity contribution in [1.82, 2.24) is 4.90 Å². The standard InChI is InChI=1S/C14H23NO3/c1-10(2)7-13(16)15-6-4-5-12(9-15)11(3)8-14(17)18/h7,11-12H,4-6,8-9H2,1-3H3,(H,17,18). The highest BCUT2D eigenvalue weighted by molar-refractivity contribution is 5.88. The smallest absolute Gasteiger partial charge is 0.303 e. The minimum Gasteiger partial charge on any atom is -0.481 e. The van der Waals surface area contributed by atoms with Gasteiger partial charge in [0.05, 0.1) is 0 Å². The number of hydrogen-bond donors (Lipinski definition) is 1. The molecular formula is C14H23NO3. The van der Waals surface area contributed by atoms with E-state index in [0.717, 1.165) is 25.0 Å². The lowest BCUT2D eigenvalue weighted by atomic mass is 9.84. The molecule has 1 fully saturated rings. The number of carbonyl (C=O) groups is 2. The molecule has 1 aliphatic rings. The maximum absolute atomic E-state index is 11.9. The fourth-order valence-corrected chi connectivity index (χ4v) is 2.45. The number of likely N-dealkylation sites (tertiary alicyclic amines) is 1. The number of nitrogens with zero attached hydrogens (tertiary/aromatic N) is 1. The van der Waals surface area contributed by atoms with Crippen molar-refractivity contribution in [1.29, 1.82) is 0 Å². The van der Waals surface area contributed by atoms with Gasteiger partial charge in [-0.1, -0.05) is 12.5 Å². The van der Waals surface area contributed by atoms with Gasteiger partial charge in [0.15, 0.2) is 0 Å². The molecule has 0 aromatic heterocycles. The topological polar surface area (TPSA) is 57.6 Å². The average molecular weight is 253 g/mol. The molecular weight excluding hydrogens is 230 g/mol. The molecule has 0 aromatic rings. The van der Waals surface area contributed by atoms with Crippen LogP contribution in [0.5, 0.6) is 0 Å². The van der Waals surface area contributed by atoms with E-state index in [2.05, 4.69) is 0 Å². The Labute approximate surface area is 109 Å². The lowest BCUT2D eigenvalue weighted by Gasteiger charge is -2.35. The highest BCUT2D eigenvalue weighted by Crippen LogP contribution is 2.26. The zero-order valence-electron chi connectivity index (χ0n) is 11.5. The quantitative estimate of drug-likeness (QED) is 0.782. The van der Waals surface area contributed by atoms with Crippen molar-refractivity contribution in [2.45, 2.75) is 40.0 Å². The summed E-state index contributed by atoms with van der Waals surface area (Å²) < 4.78 is 0. The number of allylic oxidation sites excluding steroid dienone is 1. The third kappa shape index (κ3) is 4.51. The predicted molar refractivity (Wildman–Crippen MR) is 70.2 cm³/mol. The first-order valence-corrected chi connectivity index (χ1v) is 6.55. The fourth-order valence-electron chi connectivity index (χ4n) is 2.45. The van der Waals surface area contributed by atoms with E-state index in [1.54, 1.807) is 6.08 Å². The Balaban J connectivity index is 2.58. The first-order valence-electron chi connectivity index (χ1n) is 6.55. The van der Waals surface area contributed by atoms with Crippen molar-refractivity contribution >= 4 is 11.9 Å². The summed E-state index contributed by atoms with van der Waals surface area (Å²) in [6.07, 6.45) is 3.84. The number of amides is 1. The predicted octanol–water partition coefficient (Wildman–Crippen LogP) is 2.30. The molecule has 1 saturated heterocycles. The minimum absolute atomic E-state index is 0.0576. The van der Waals surface area contributed by atoms with Gasteiger partial charge in [-0.2, -0.15) is 0 Å². The molecule has 0 aliphatic carbocycles. The van der Waals surface area contributed by atoms with Gasteiger partial charge in [-0.3, -0.25) is 9.59 Å². The first-order chi connectivity index (χ1) is 8.40. The van der Waals surface area contributed by atoms with E-state index < -0.39 is 5.97 Å². The normalized spacial score (nSPS) is 21.3. The van der Waals surface area contributed by atoms with Gasteiger partial charge >= 0.3 is 5.97 Å². The Bertz CT molecular complexity index is 345. The Morgan fingerprint density at radius 2 is 2.11 bits per heavy atom. The zero-order valence-corrected chi connectivity index (χ0v) is 11.5. The van der Waals surface area contributed by atoms with Crippen molar-refractivity contribution < 1.29 is 14.7 Å². The van der Waals surface area contributed by atoms with Crippen LogP contribution in [-0.2, 0) is 9.59 Å². The van der Waals surface area contributed by atoms with E-state index in [0.29, 0.717) is 12.5 Å². The second kappa shape index (κ2) is 6.57. The average Bonchev–Trinajstić information content (AvgIpc) is 2.27. The fraction of sp³-hybridized carbons (Fsp3) is 0.714. The molecule has 0 radical (unpaired) electrons. The van der Waals surface area contributed by atoms with Crippen LogP contribution in [0.3, 0.4) is 0 Å². The second-order valence-corrected chi connectivity index (χ2v) is 5.48. The second-order valence-electron chi connectivity index (χ2n) is 5.48. The van der Waals surface area contributed by atoms with Crippen molar-refractivity contribution in [3.63, 3.8) is 0 Å². The third-order valence-electron chi connectivity index (χ3n) is 3.48. The molecule has 0 bridgehead atoms. The van der Waals surface area contributed by atoms with Crippen molar-refractivity contribution in [3.05, 3.63) is 11.6 Å². The summed E-state index contributed by atoms with van der Waals surface area (Å²) in [6, 6.07) is 0. The number of carboxylic acids is 1. The molecule has 1 aliphatic heterocycles.